The van der Waals surface area contributed by atoms with Crippen LogP contribution < -0.4 is 5.32 Å². The van der Waals surface area contributed by atoms with Crippen molar-refractivity contribution in [1.82, 2.24) is 5.32 Å². The minimum absolute atomic E-state index is 0.211. The van der Waals surface area contributed by atoms with E-state index >= 15 is 0 Å². The van der Waals surface area contributed by atoms with Crippen molar-refractivity contribution in [2.24, 2.45) is 0 Å². The van der Waals surface area contributed by atoms with Gasteiger partial charge < -0.3 is 5.32 Å². The highest BCUT2D eigenvalue weighted by atomic mass is 32.2. The molecule has 0 radical (unpaired) electrons. The van der Waals surface area contributed by atoms with E-state index in [0.29, 0.717) is 24.9 Å². The Labute approximate surface area is 116 Å². The minimum Gasteiger partial charge on any atom is -0.311 e. The summed E-state index contributed by atoms with van der Waals surface area (Å²) in [6.07, 6.45) is -3.07. The fourth-order valence-electron chi connectivity index (χ4n) is 2.32. The number of halogens is 3. The smallest absolute Gasteiger partial charge is 0.311 e. The van der Waals surface area contributed by atoms with E-state index in [4.69, 9.17) is 0 Å². The molecule has 1 aliphatic heterocycles. The average molecular weight is 307 g/mol. The zero-order valence-electron chi connectivity index (χ0n) is 10.8. The third-order valence-corrected chi connectivity index (χ3v) is 5.69. The van der Waals surface area contributed by atoms with Crippen molar-refractivity contribution in [2.75, 3.05) is 12.3 Å². The van der Waals surface area contributed by atoms with Crippen LogP contribution in [0.5, 0.6) is 0 Å². The summed E-state index contributed by atoms with van der Waals surface area (Å²) in [5, 5.41) is 2.52. The predicted molar refractivity (Wildman–Crippen MR) is 70.0 cm³/mol. The first-order chi connectivity index (χ1) is 9.29. The molecule has 7 heteroatoms. The number of nitrogens with one attached hydrogen (secondary N) is 1. The fraction of sp³-hybridized carbons (Fsp3) is 0.538. The molecule has 1 aromatic carbocycles. The highest BCUT2D eigenvalue weighted by Gasteiger charge is 2.31. The maximum absolute atomic E-state index is 12.5. The van der Waals surface area contributed by atoms with E-state index in [0.717, 1.165) is 12.1 Å². The van der Waals surface area contributed by atoms with Crippen LogP contribution >= 0.6 is 0 Å². The SMILES string of the molecule is O=S1(=O)CCCC1CNCc1cccc(C(F)(F)F)c1. The molecule has 0 aromatic heterocycles. The van der Waals surface area contributed by atoms with Crippen LogP contribution in [0.1, 0.15) is 24.0 Å². The predicted octanol–water partition coefficient (Wildman–Crippen LogP) is 2.37. The molecule has 1 fully saturated rings. The Morgan fingerprint density at radius 1 is 1.30 bits per heavy atom. The number of sulfone groups is 1. The van der Waals surface area contributed by atoms with E-state index in [9.17, 15) is 21.6 Å². The van der Waals surface area contributed by atoms with E-state index in [1.165, 1.54) is 6.07 Å². The van der Waals surface area contributed by atoms with Crippen molar-refractivity contribution in [2.45, 2.75) is 30.8 Å². The third kappa shape index (κ3) is 3.73. The van der Waals surface area contributed by atoms with Gasteiger partial charge in [-0.2, -0.15) is 13.2 Å². The van der Waals surface area contributed by atoms with Crippen LogP contribution in [0.4, 0.5) is 13.2 Å². The molecule has 3 nitrogen and oxygen atoms in total. The summed E-state index contributed by atoms with van der Waals surface area (Å²) in [5.41, 5.74) is -0.194. The van der Waals surface area contributed by atoms with Crippen LogP contribution in [0.3, 0.4) is 0 Å². The monoisotopic (exact) mass is 307 g/mol. The average Bonchev–Trinajstić information content (AvgIpc) is 2.68. The van der Waals surface area contributed by atoms with Crippen molar-refractivity contribution in [3.05, 3.63) is 35.4 Å². The van der Waals surface area contributed by atoms with Crippen LogP contribution in [0.15, 0.2) is 24.3 Å². The summed E-state index contributed by atoms with van der Waals surface area (Å²) >= 11 is 0. The molecule has 112 valence electrons. The Hall–Kier alpha value is -1.08. The first-order valence-electron chi connectivity index (χ1n) is 6.37. The first kappa shape index (κ1) is 15.3. The summed E-state index contributed by atoms with van der Waals surface area (Å²) in [6.45, 7) is 0.522. The molecular weight excluding hydrogens is 291 g/mol. The fourth-order valence-corrected chi connectivity index (χ4v) is 4.12. The first-order valence-corrected chi connectivity index (χ1v) is 8.09. The van der Waals surface area contributed by atoms with Crippen molar-refractivity contribution in [3.8, 4) is 0 Å². The van der Waals surface area contributed by atoms with Crippen molar-refractivity contribution in [3.63, 3.8) is 0 Å². The molecule has 0 aliphatic carbocycles. The molecule has 2 rings (SSSR count). The third-order valence-electron chi connectivity index (χ3n) is 3.42. The lowest BCUT2D eigenvalue weighted by molar-refractivity contribution is -0.137. The largest absolute Gasteiger partial charge is 0.416 e. The molecule has 0 bridgehead atoms. The number of alkyl halides is 3. The minimum atomic E-state index is -4.36. The van der Waals surface area contributed by atoms with Gasteiger partial charge in [-0.25, -0.2) is 8.42 Å². The summed E-state index contributed by atoms with van der Waals surface area (Å²) in [4.78, 5) is 0. The van der Waals surface area contributed by atoms with Crippen molar-refractivity contribution >= 4 is 9.84 Å². The lowest BCUT2D eigenvalue weighted by Gasteiger charge is -2.12. The Balaban J connectivity index is 1.92. The zero-order chi connectivity index (χ0) is 14.8. The maximum atomic E-state index is 12.5. The van der Waals surface area contributed by atoms with Crippen molar-refractivity contribution in [1.29, 1.82) is 0 Å². The molecule has 0 amide bonds. The highest BCUT2D eigenvalue weighted by Crippen LogP contribution is 2.29. The number of benzene rings is 1. The van der Waals surface area contributed by atoms with E-state index in [1.807, 2.05) is 0 Å². The molecule has 1 N–H and O–H groups in total. The van der Waals surface area contributed by atoms with Gasteiger partial charge >= 0.3 is 6.18 Å². The molecule has 1 aromatic rings. The summed E-state index contributed by atoms with van der Waals surface area (Å²) in [5.74, 6) is 0.211. The Morgan fingerprint density at radius 2 is 2.05 bits per heavy atom. The van der Waals surface area contributed by atoms with Crippen LogP contribution in [-0.4, -0.2) is 26.0 Å². The van der Waals surface area contributed by atoms with E-state index in [1.54, 1.807) is 6.07 Å². The number of hydrogen-bond acceptors (Lipinski definition) is 3. The number of rotatable bonds is 4. The zero-order valence-corrected chi connectivity index (χ0v) is 11.6. The molecule has 1 saturated heterocycles. The van der Waals surface area contributed by atoms with Gasteiger partial charge in [0.05, 0.1) is 16.6 Å². The van der Waals surface area contributed by atoms with Crippen LogP contribution in [-0.2, 0) is 22.6 Å². The van der Waals surface area contributed by atoms with E-state index < -0.39 is 26.8 Å². The maximum Gasteiger partial charge on any atom is 0.416 e. The van der Waals surface area contributed by atoms with E-state index in [-0.39, 0.29) is 12.3 Å². The number of hydrogen-bond donors (Lipinski definition) is 1. The van der Waals surface area contributed by atoms with Crippen molar-refractivity contribution < 1.29 is 21.6 Å². The van der Waals surface area contributed by atoms with Gasteiger partial charge in [-0.15, -0.1) is 0 Å². The molecule has 0 spiro atoms. The lowest BCUT2D eigenvalue weighted by atomic mass is 10.1. The Bertz CT molecular complexity index is 569. The second-order valence-corrected chi connectivity index (χ2v) is 7.36. The van der Waals surface area contributed by atoms with Crippen LogP contribution in [0.25, 0.3) is 0 Å². The van der Waals surface area contributed by atoms with Gasteiger partial charge in [-0.1, -0.05) is 18.2 Å². The second kappa shape index (κ2) is 5.73. The van der Waals surface area contributed by atoms with Gasteiger partial charge in [0.25, 0.3) is 0 Å². The molecule has 1 heterocycles. The van der Waals surface area contributed by atoms with Crippen LogP contribution in [0.2, 0.25) is 0 Å². The standard InChI is InChI=1S/C13H16F3NO2S/c14-13(15,16)11-4-1-3-10(7-11)8-17-9-12-5-2-6-20(12,18)19/h1,3-4,7,12,17H,2,5-6,8-9H2. The van der Waals surface area contributed by atoms with Gasteiger partial charge in [0, 0.05) is 13.1 Å². The van der Waals surface area contributed by atoms with E-state index in [2.05, 4.69) is 5.32 Å². The molecule has 1 atom stereocenters. The van der Waals surface area contributed by atoms with Gasteiger partial charge in [-0.3, -0.25) is 0 Å². The second-order valence-electron chi connectivity index (χ2n) is 4.96. The van der Waals surface area contributed by atoms with Gasteiger partial charge in [0.2, 0.25) is 0 Å². The molecular formula is C13H16F3NO2S. The lowest BCUT2D eigenvalue weighted by Crippen LogP contribution is -2.30. The molecule has 0 saturated carbocycles. The van der Waals surface area contributed by atoms with Gasteiger partial charge in [0.1, 0.15) is 0 Å². The summed E-state index contributed by atoms with van der Waals surface area (Å²) in [7, 11) is -3.02. The van der Waals surface area contributed by atoms with Crippen LogP contribution in [0, 0.1) is 0 Å². The van der Waals surface area contributed by atoms with Gasteiger partial charge in [-0.05, 0) is 24.5 Å². The summed E-state index contributed by atoms with van der Waals surface area (Å²) in [6, 6.07) is 5.04. The van der Waals surface area contributed by atoms with Gasteiger partial charge in [0.15, 0.2) is 9.84 Å². The molecule has 1 aliphatic rings. The summed E-state index contributed by atoms with van der Waals surface area (Å²) < 4.78 is 60.8. The topological polar surface area (TPSA) is 46.2 Å². The Kier molecular flexibility index (Phi) is 4.39. The molecule has 20 heavy (non-hydrogen) atoms. The Morgan fingerprint density at radius 3 is 2.65 bits per heavy atom. The highest BCUT2D eigenvalue weighted by molar-refractivity contribution is 7.92. The normalized spacial score (nSPS) is 22.1. The molecule has 1 unspecified atom stereocenters. The quantitative estimate of drug-likeness (QED) is 0.929.